The van der Waals surface area contributed by atoms with Crippen LogP contribution < -0.4 is 10.6 Å². The maximum absolute atomic E-state index is 11.8. The number of carbonyl (C=O) groups excluding carboxylic acids is 2. The van der Waals surface area contributed by atoms with Gasteiger partial charge in [-0.15, -0.1) is 0 Å². The molecule has 2 aliphatic rings. The molecule has 0 unspecified atom stereocenters. The van der Waals surface area contributed by atoms with E-state index in [2.05, 4.69) is 15.8 Å². The molecule has 1 saturated heterocycles. The minimum Gasteiger partial charge on any atom is -0.360 e. The molecule has 1 aliphatic heterocycles. The average Bonchev–Trinajstić information content (AvgIpc) is 3.12. The van der Waals surface area contributed by atoms with Crippen LogP contribution in [0.1, 0.15) is 37.9 Å². The molecule has 0 radical (unpaired) electrons. The van der Waals surface area contributed by atoms with Crippen molar-refractivity contribution in [2.75, 3.05) is 18.5 Å². The first-order valence-electron chi connectivity index (χ1n) is 7.91. The second-order valence-corrected chi connectivity index (χ2v) is 6.01. The van der Waals surface area contributed by atoms with Crippen molar-refractivity contribution in [2.45, 2.75) is 50.9 Å². The van der Waals surface area contributed by atoms with E-state index in [9.17, 15) is 9.59 Å². The van der Waals surface area contributed by atoms with Gasteiger partial charge in [-0.2, -0.15) is 0 Å². The zero-order valence-corrected chi connectivity index (χ0v) is 13.1. The van der Waals surface area contributed by atoms with Crippen LogP contribution in [-0.2, 0) is 19.1 Å². The van der Waals surface area contributed by atoms with Crippen LogP contribution in [0.3, 0.4) is 0 Å². The summed E-state index contributed by atoms with van der Waals surface area (Å²) in [5, 5.41) is 8.53. The van der Waals surface area contributed by atoms with Gasteiger partial charge in [0, 0.05) is 25.5 Å². The predicted octanol–water partition coefficient (Wildman–Crippen LogP) is 1.11. The van der Waals surface area contributed by atoms with Gasteiger partial charge in [0.1, 0.15) is 11.9 Å². The number of anilines is 1. The number of carbonyl (C=O) groups is 2. The van der Waals surface area contributed by atoms with Gasteiger partial charge in [0.2, 0.25) is 0 Å². The predicted molar refractivity (Wildman–Crippen MR) is 79.5 cm³/mol. The molecule has 0 bridgehead atoms. The van der Waals surface area contributed by atoms with Crippen molar-refractivity contribution in [3.8, 4) is 0 Å². The molecule has 126 valence electrons. The summed E-state index contributed by atoms with van der Waals surface area (Å²) in [5.74, 6) is -1.24. The van der Waals surface area contributed by atoms with Gasteiger partial charge in [-0.05, 0) is 19.8 Å². The Hall–Kier alpha value is -1.93. The lowest BCUT2D eigenvalue weighted by molar-refractivity contribution is -0.186. The monoisotopic (exact) mass is 323 g/mol. The van der Waals surface area contributed by atoms with E-state index in [1.54, 1.807) is 6.92 Å². The van der Waals surface area contributed by atoms with Gasteiger partial charge in [0.05, 0.1) is 6.61 Å². The first kappa shape index (κ1) is 15.9. The third-order valence-corrected chi connectivity index (χ3v) is 4.10. The lowest BCUT2D eigenvalue weighted by atomic mass is 9.94. The highest BCUT2D eigenvalue weighted by Crippen LogP contribution is 2.37. The molecule has 2 fully saturated rings. The molecule has 3 rings (SSSR count). The minimum atomic E-state index is -0.787. The maximum atomic E-state index is 11.8. The van der Waals surface area contributed by atoms with Crippen molar-refractivity contribution in [1.29, 1.82) is 0 Å². The molecule has 1 saturated carbocycles. The van der Waals surface area contributed by atoms with Crippen LogP contribution in [0.2, 0.25) is 0 Å². The smallest absolute Gasteiger partial charge is 0.314 e. The third-order valence-electron chi connectivity index (χ3n) is 4.10. The number of hydrogen-bond acceptors (Lipinski definition) is 6. The fraction of sp³-hybridized carbons (Fsp3) is 0.667. The second kappa shape index (κ2) is 6.67. The summed E-state index contributed by atoms with van der Waals surface area (Å²) in [6.45, 7) is 2.37. The van der Waals surface area contributed by atoms with Crippen LogP contribution in [-0.4, -0.2) is 42.0 Å². The third kappa shape index (κ3) is 3.89. The number of ether oxygens (including phenoxy) is 2. The molecule has 1 aliphatic carbocycles. The lowest BCUT2D eigenvalue weighted by Gasteiger charge is -2.31. The van der Waals surface area contributed by atoms with Crippen molar-refractivity contribution in [3.63, 3.8) is 0 Å². The standard InChI is InChI=1S/C15H21N3O5/c1-10-7-12(18-23-10)17-14(20)13(19)16-8-11-9-21-15(22-11)5-3-2-4-6-15/h7,11H,2-6,8-9H2,1H3,(H,16,19)(H,17,18,20)/t11-/m1/s1. The van der Waals surface area contributed by atoms with E-state index in [1.165, 1.54) is 12.5 Å². The Bertz CT molecular complexity index is 579. The van der Waals surface area contributed by atoms with Gasteiger partial charge >= 0.3 is 11.8 Å². The van der Waals surface area contributed by atoms with Crippen molar-refractivity contribution < 1.29 is 23.6 Å². The largest absolute Gasteiger partial charge is 0.360 e. The molecule has 1 atom stereocenters. The highest BCUT2D eigenvalue weighted by molar-refractivity contribution is 6.39. The van der Waals surface area contributed by atoms with Crippen LogP contribution >= 0.6 is 0 Å². The number of rotatable bonds is 3. The molecule has 2 heterocycles. The summed E-state index contributed by atoms with van der Waals surface area (Å²) >= 11 is 0. The van der Waals surface area contributed by atoms with Gasteiger partial charge in [0.25, 0.3) is 0 Å². The minimum absolute atomic E-state index is 0.212. The molecule has 2 N–H and O–H groups in total. The number of amides is 2. The van der Waals surface area contributed by atoms with Crippen molar-refractivity contribution in [1.82, 2.24) is 10.5 Å². The van der Waals surface area contributed by atoms with Crippen molar-refractivity contribution in [3.05, 3.63) is 11.8 Å². The van der Waals surface area contributed by atoms with Crippen molar-refractivity contribution >= 4 is 17.6 Å². The summed E-state index contributed by atoms with van der Waals surface area (Å²) in [6, 6.07) is 1.53. The topological polar surface area (TPSA) is 103 Å². The zero-order chi connectivity index (χ0) is 16.3. The fourth-order valence-corrected chi connectivity index (χ4v) is 2.96. The van der Waals surface area contributed by atoms with Gasteiger partial charge in [0.15, 0.2) is 11.6 Å². The summed E-state index contributed by atoms with van der Waals surface area (Å²) < 4.78 is 16.6. The quantitative estimate of drug-likeness (QED) is 0.808. The van der Waals surface area contributed by atoms with Crippen LogP contribution in [0, 0.1) is 6.92 Å². The van der Waals surface area contributed by atoms with Crippen LogP contribution in [0.25, 0.3) is 0 Å². The molecule has 1 aromatic heterocycles. The Morgan fingerprint density at radius 2 is 2.09 bits per heavy atom. The molecule has 0 aromatic carbocycles. The highest BCUT2D eigenvalue weighted by atomic mass is 16.7. The Labute approximate surface area is 133 Å². The van der Waals surface area contributed by atoms with Crippen LogP contribution in [0.15, 0.2) is 10.6 Å². The Balaban J connectivity index is 1.43. The first-order chi connectivity index (χ1) is 11.1. The van der Waals surface area contributed by atoms with E-state index in [1.807, 2.05) is 0 Å². The van der Waals surface area contributed by atoms with Crippen LogP contribution in [0.4, 0.5) is 5.82 Å². The normalized spacial score (nSPS) is 22.9. The number of aromatic nitrogens is 1. The average molecular weight is 323 g/mol. The van der Waals surface area contributed by atoms with Gasteiger partial charge in [-0.1, -0.05) is 11.6 Å². The molecule has 8 nitrogen and oxygen atoms in total. The molecular weight excluding hydrogens is 302 g/mol. The Morgan fingerprint density at radius 3 is 2.78 bits per heavy atom. The van der Waals surface area contributed by atoms with E-state index >= 15 is 0 Å². The fourth-order valence-electron chi connectivity index (χ4n) is 2.96. The van der Waals surface area contributed by atoms with Gasteiger partial charge < -0.3 is 19.3 Å². The molecule has 2 amide bonds. The van der Waals surface area contributed by atoms with E-state index in [4.69, 9.17) is 14.0 Å². The van der Waals surface area contributed by atoms with Crippen LogP contribution in [0.5, 0.6) is 0 Å². The lowest BCUT2D eigenvalue weighted by Crippen LogP contribution is -2.41. The number of nitrogens with one attached hydrogen (secondary N) is 2. The summed E-state index contributed by atoms with van der Waals surface area (Å²) in [4.78, 5) is 23.5. The van der Waals surface area contributed by atoms with E-state index in [-0.39, 0.29) is 18.5 Å². The van der Waals surface area contributed by atoms with E-state index in [0.717, 1.165) is 25.7 Å². The number of hydrogen-bond donors (Lipinski definition) is 2. The summed E-state index contributed by atoms with van der Waals surface area (Å²) in [7, 11) is 0. The molecule has 8 heteroatoms. The number of nitrogens with zero attached hydrogens (tertiary/aromatic N) is 1. The van der Waals surface area contributed by atoms with Gasteiger partial charge in [-0.25, -0.2) is 0 Å². The van der Waals surface area contributed by atoms with Crippen molar-refractivity contribution in [2.24, 2.45) is 0 Å². The molecule has 1 spiro atoms. The SMILES string of the molecule is Cc1cc(NC(=O)C(=O)NC[C@@H]2COC3(CCCCC3)O2)no1. The Kier molecular flexibility index (Phi) is 4.63. The van der Waals surface area contributed by atoms with Gasteiger partial charge in [-0.3, -0.25) is 14.9 Å². The summed E-state index contributed by atoms with van der Waals surface area (Å²) in [6.07, 6.45) is 4.96. The molecular formula is C15H21N3O5. The second-order valence-electron chi connectivity index (χ2n) is 6.01. The highest BCUT2D eigenvalue weighted by Gasteiger charge is 2.42. The molecule has 23 heavy (non-hydrogen) atoms. The van der Waals surface area contributed by atoms with E-state index < -0.39 is 17.6 Å². The van der Waals surface area contributed by atoms with E-state index in [0.29, 0.717) is 12.4 Å². The maximum Gasteiger partial charge on any atom is 0.314 e. The zero-order valence-electron chi connectivity index (χ0n) is 13.1. The molecule has 1 aromatic rings. The summed E-state index contributed by atoms with van der Waals surface area (Å²) in [5.41, 5.74) is 0. The first-order valence-corrected chi connectivity index (χ1v) is 7.91. The Morgan fingerprint density at radius 1 is 1.30 bits per heavy atom. The number of aryl methyl sites for hydroxylation is 1.